The molecule has 0 saturated carbocycles. The van der Waals surface area contributed by atoms with E-state index in [2.05, 4.69) is 15.5 Å². The highest BCUT2D eigenvalue weighted by molar-refractivity contribution is 5.92. The molecule has 1 aromatic carbocycles. The fourth-order valence-electron chi connectivity index (χ4n) is 1.87. The van der Waals surface area contributed by atoms with Crippen molar-refractivity contribution in [1.29, 1.82) is 5.26 Å². The molecule has 1 amide bonds. The molecule has 0 aliphatic heterocycles. The zero-order valence-electron chi connectivity index (χ0n) is 12.0. The summed E-state index contributed by atoms with van der Waals surface area (Å²) in [5, 5.41) is 18.0. The Morgan fingerprint density at radius 1 is 1.36 bits per heavy atom. The van der Waals surface area contributed by atoms with Gasteiger partial charge in [-0.05, 0) is 18.1 Å². The summed E-state index contributed by atoms with van der Waals surface area (Å²) in [6.07, 6.45) is 0. The van der Waals surface area contributed by atoms with E-state index in [-0.39, 0.29) is 17.2 Å². The fraction of sp³-hybridized carbons (Fsp3) is 0.267. The summed E-state index contributed by atoms with van der Waals surface area (Å²) < 4.78 is 26.6. The largest absolute Gasteiger partial charge is 0.331 e. The van der Waals surface area contributed by atoms with E-state index in [1.165, 1.54) is 0 Å². The molecule has 7 heteroatoms. The van der Waals surface area contributed by atoms with Gasteiger partial charge in [0.05, 0.1) is 6.07 Å². The van der Waals surface area contributed by atoms with Crippen molar-refractivity contribution in [3.05, 3.63) is 52.9 Å². The van der Waals surface area contributed by atoms with Crippen molar-refractivity contribution in [3.63, 3.8) is 0 Å². The highest BCUT2D eigenvalue weighted by atomic mass is 19.1. The smallest absolute Gasteiger partial charge is 0.273 e. The van der Waals surface area contributed by atoms with Gasteiger partial charge in [0.1, 0.15) is 23.4 Å². The number of carbonyl (C=O) groups is 1. The van der Waals surface area contributed by atoms with Crippen LogP contribution in [0.25, 0.3) is 0 Å². The van der Waals surface area contributed by atoms with Crippen LogP contribution in [-0.4, -0.2) is 16.1 Å². The van der Waals surface area contributed by atoms with Crippen LogP contribution in [0, 0.1) is 23.0 Å². The SMILES string of the molecule is CC(C)c1cc(C(=O)N[C@@H](C#N)c2ccc(F)cc2F)n[nH]1. The number of hydrogen-bond donors (Lipinski definition) is 2. The van der Waals surface area contributed by atoms with Crippen molar-refractivity contribution in [3.8, 4) is 6.07 Å². The Kier molecular flexibility index (Phi) is 4.51. The van der Waals surface area contributed by atoms with Gasteiger partial charge in [0.25, 0.3) is 5.91 Å². The molecule has 2 rings (SSSR count). The number of hydrogen-bond acceptors (Lipinski definition) is 3. The van der Waals surface area contributed by atoms with Crippen molar-refractivity contribution in [2.45, 2.75) is 25.8 Å². The van der Waals surface area contributed by atoms with Gasteiger partial charge in [-0.2, -0.15) is 10.4 Å². The third-order valence-electron chi connectivity index (χ3n) is 3.13. The molecule has 5 nitrogen and oxygen atoms in total. The average molecular weight is 304 g/mol. The van der Waals surface area contributed by atoms with Gasteiger partial charge in [-0.1, -0.05) is 19.9 Å². The Labute approximate surface area is 126 Å². The van der Waals surface area contributed by atoms with Gasteiger partial charge in [-0.15, -0.1) is 0 Å². The van der Waals surface area contributed by atoms with Crippen LogP contribution in [0.5, 0.6) is 0 Å². The second-order valence-corrected chi connectivity index (χ2v) is 5.06. The quantitative estimate of drug-likeness (QED) is 0.911. The van der Waals surface area contributed by atoms with Crippen molar-refractivity contribution in [2.75, 3.05) is 0 Å². The van der Waals surface area contributed by atoms with E-state index < -0.39 is 23.6 Å². The second-order valence-electron chi connectivity index (χ2n) is 5.06. The van der Waals surface area contributed by atoms with Crippen LogP contribution in [0.15, 0.2) is 24.3 Å². The number of nitrogens with zero attached hydrogens (tertiary/aromatic N) is 2. The average Bonchev–Trinajstić information content (AvgIpc) is 2.95. The first kappa shape index (κ1) is 15.6. The molecule has 0 bridgehead atoms. The number of H-pyrrole nitrogens is 1. The van der Waals surface area contributed by atoms with Crippen LogP contribution in [-0.2, 0) is 0 Å². The number of nitriles is 1. The maximum absolute atomic E-state index is 13.7. The van der Waals surface area contributed by atoms with Gasteiger partial charge in [0, 0.05) is 17.3 Å². The first-order chi connectivity index (χ1) is 10.4. The summed E-state index contributed by atoms with van der Waals surface area (Å²) in [7, 11) is 0. The standard InChI is InChI=1S/C15H14F2N4O/c1-8(2)12-6-13(21-20-12)15(22)19-14(7-18)10-4-3-9(16)5-11(10)17/h3-6,8,14H,1-2H3,(H,19,22)(H,20,21)/t14-/m0/s1. The number of rotatable bonds is 4. The topological polar surface area (TPSA) is 81.6 Å². The summed E-state index contributed by atoms with van der Waals surface area (Å²) in [6, 6.07) is 4.93. The van der Waals surface area contributed by atoms with Crippen molar-refractivity contribution < 1.29 is 13.6 Å². The molecule has 0 aliphatic rings. The molecule has 114 valence electrons. The minimum absolute atomic E-state index is 0.100. The highest BCUT2D eigenvalue weighted by Gasteiger charge is 2.20. The highest BCUT2D eigenvalue weighted by Crippen LogP contribution is 2.18. The van der Waals surface area contributed by atoms with Crippen LogP contribution >= 0.6 is 0 Å². The number of benzene rings is 1. The van der Waals surface area contributed by atoms with Gasteiger partial charge >= 0.3 is 0 Å². The van der Waals surface area contributed by atoms with Crippen LogP contribution in [0.3, 0.4) is 0 Å². The molecule has 1 heterocycles. The molecule has 1 atom stereocenters. The number of carbonyl (C=O) groups excluding carboxylic acids is 1. The van der Waals surface area contributed by atoms with Gasteiger partial charge in [-0.25, -0.2) is 8.78 Å². The van der Waals surface area contributed by atoms with E-state index in [1.807, 2.05) is 13.8 Å². The number of amides is 1. The lowest BCUT2D eigenvalue weighted by molar-refractivity contribution is 0.0939. The Bertz CT molecular complexity index is 733. The molecule has 0 saturated heterocycles. The molecular formula is C15H14F2N4O. The van der Waals surface area contributed by atoms with Gasteiger partial charge in [-0.3, -0.25) is 9.89 Å². The van der Waals surface area contributed by atoms with E-state index in [0.717, 1.165) is 17.8 Å². The summed E-state index contributed by atoms with van der Waals surface area (Å²) in [4.78, 5) is 12.1. The summed E-state index contributed by atoms with van der Waals surface area (Å²) in [6.45, 7) is 3.86. The van der Waals surface area contributed by atoms with E-state index >= 15 is 0 Å². The first-order valence-electron chi connectivity index (χ1n) is 6.63. The fourth-order valence-corrected chi connectivity index (χ4v) is 1.87. The second kappa shape index (κ2) is 6.35. The Morgan fingerprint density at radius 3 is 2.64 bits per heavy atom. The number of aromatic nitrogens is 2. The maximum atomic E-state index is 13.7. The lowest BCUT2D eigenvalue weighted by Crippen LogP contribution is -2.28. The molecule has 0 fully saturated rings. The zero-order valence-corrected chi connectivity index (χ0v) is 12.0. The molecule has 0 aliphatic carbocycles. The van der Waals surface area contributed by atoms with E-state index in [0.29, 0.717) is 6.07 Å². The minimum atomic E-state index is -1.23. The Morgan fingerprint density at radius 2 is 2.09 bits per heavy atom. The summed E-state index contributed by atoms with van der Waals surface area (Å²) in [5.41, 5.74) is 0.773. The molecule has 0 radical (unpaired) electrons. The third kappa shape index (κ3) is 3.28. The summed E-state index contributed by atoms with van der Waals surface area (Å²) >= 11 is 0. The van der Waals surface area contributed by atoms with Crippen molar-refractivity contribution >= 4 is 5.91 Å². The van der Waals surface area contributed by atoms with Gasteiger partial charge in [0.15, 0.2) is 0 Å². The molecule has 22 heavy (non-hydrogen) atoms. The minimum Gasteiger partial charge on any atom is -0.331 e. The number of nitrogens with one attached hydrogen (secondary N) is 2. The van der Waals surface area contributed by atoms with Crippen molar-refractivity contribution in [2.24, 2.45) is 0 Å². The first-order valence-corrected chi connectivity index (χ1v) is 6.63. The van der Waals surface area contributed by atoms with Crippen molar-refractivity contribution in [1.82, 2.24) is 15.5 Å². The van der Waals surface area contributed by atoms with Crippen LogP contribution in [0.2, 0.25) is 0 Å². The normalized spacial score (nSPS) is 12.0. The van der Waals surface area contributed by atoms with Crippen LogP contribution in [0.4, 0.5) is 8.78 Å². The Balaban J connectivity index is 2.19. The molecular weight excluding hydrogens is 290 g/mol. The van der Waals surface area contributed by atoms with E-state index in [9.17, 15) is 13.6 Å². The lowest BCUT2D eigenvalue weighted by Gasteiger charge is -2.11. The predicted molar refractivity (Wildman–Crippen MR) is 74.9 cm³/mol. The molecule has 0 unspecified atom stereocenters. The molecule has 2 aromatic rings. The Hall–Kier alpha value is -2.75. The molecule has 1 aromatic heterocycles. The van der Waals surface area contributed by atoms with Crippen LogP contribution < -0.4 is 5.32 Å². The molecule has 0 spiro atoms. The predicted octanol–water partition coefficient (Wildman–Crippen LogP) is 2.81. The zero-order chi connectivity index (χ0) is 16.3. The van der Waals surface area contributed by atoms with E-state index in [4.69, 9.17) is 5.26 Å². The maximum Gasteiger partial charge on any atom is 0.273 e. The van der Waals surface area contributed by atoms with Crippen LogP contribution in [0.1, 0.15) is 47.6 Å². The third-order valence-corrected chi connectivity index (χ3v) is 3.13. The van der Waals surface area contributed by atoms with E-state index in [1.54, 1.807) is 12.1 Å². The summed E-state index contributed by atoms with van der Waals surface area (Å²) in [5.74, 6) is -2.09. The molecule has 2 N–H and O–H groups in total. The number of halogens is 2. The van der Waals surface area contributed by atoms with Gasteiger partial charge in [0.2, 0.25) is 0 Å². The monoisotopic (exact) mass is 304 g/mol. The van der Waals surface area contributed by atoms with Gasteiger partial charge < -0.3 is 5.32 Å². The number of aromatic amines is 1. The lowest BCUT2D eigenvalue weighted by atomic mass is 10.1.